The third kappa shape index (κ3) is 2.11. The number of halogens is 1. The fraction of sp³-hybridized carbons (Fsp3) is 0.538. The Labute approximate surface area is 100 Å². The van der Waals surface area contributed by atoms with Crippen LogP contribution in [0.5, 0.6) is 0 Å². The first-order valence-electron chi connectivity index (χ1n) is 5.56. The molecule has 1 aliphatic carbocycles. The summed E-state index contributed by atoms with van der Waals surface area (Å²) < 4.78 is 1.23. The Morgan fingerprint density at radius 3 is 2.80 bits per heavy atom. The smallest absolute Gasteiger partial charge is 0.0213 e. The summed E-state index contributed by atoms with van der Waals surface area (Å²) >= 11 is 3.66. The van der Waals surface area contributed by atoms with Crippen molar-refractivity contribution in [2.75, 3.05) is 0 Å². The minimum Gasteiger partial charge on any atom is -0.325 e. The lowest BCUT2D eigenvalue weighted by atomic mass is 9.73. The molecule has 1 aliphatic rings. The van der Waals surface area contributed by atoms with Gasteiger partial charge in [-0.25, -0.2) is 0 Å². The SMILES string of the molecule is CC(C)(N)C1CCCc2cccc(Br)c21. The van der Waals surface area contributed by atoms with E-state index < -0.39 is 0 Å². The van der Waals surface area contributed by atoms with E-state index in [9.17, 15) is 0 Å². The van der Waals surface area contributed by atoms with Gasteiger partial charge in [0.15, 0.2) is 0 Å². The van der Waals surface area contributed by atoms with Gasteiger partial charge in [-0.05, 0) is 50.3 Å². The molecule has 15 heavy (non-hydrogen) atoms. The van der Waals surface area contributed by atoms with Gasteiger partial charge in [0.25, 0.3) is 0 Å². The topological polar surface area (TPSA) is 26.0 Å². The van der Waals surface area contributed by atoms with E-state index in [0.29, 0.717) is 5.92 Å². The largest absolute Gasteiger partial charge is 0.325 e. The second-order valence-electron chi connectivity index (χ2n) is 5.08. The molecule has 0 saturated heterocycles. The molecule has 0 bridgehead atoms. The highest BCUT2D eigenvalue weighted by Gasteiger charge is 2.32. The van der Waals surface area contributed by atoms with Crippen LogP contribution in [-0.2, 0) is 6.42 Å². The van der Waals surface area contributed by atoms with Gasteiger partial charge in [0.05, 0.1) is 0 Å². The number of hydrogen-bond donors (Lipinski definition) is 1. The van der Waals surface area contributed by atoms with Crippen LogP contribution in [0.2, 0.25) is 0 Å². The molecule has 1 nitrogen and oxygen atoms in total. The van der Waals surface area contributed by atoms with Crippen molar-refractivity contribution in [3.63, 3.8) is 0 Å². The number of benzene rings is 1. The van der Waals surface area contributed by atoms with Crippen molar-refractivity contribution in [3.8, 4) is 0 Å². The van der Waals surface area contributed by atoms with Crippen molar-refractivity contribution >= 4 is 15.9 Å². The third-order valence-electron chi connectivity index (χ3n) is 3.33. The van der Waals surface area contributed by atoms with Crippen LogP contribution < -0.4 is 5.73 Å². The van der Waals surface area contributed by atoms with Crippen molar-refractivity contribution in [3.05, 3.63) is 33.8 Å². The number of rotatable bonds is 1. The molecule has 0 fully saturated rings. The van der Waals surface area contributed by atoms with E-state index in [1.54, 1.807) is 0 Å². The second-order valence-corrected chi connectivity index (χ2v) is 5.93. The summed E-state index contributed by atoms with van der Waals surface area (Å²) in [5.74, 6) is 0.483. The Balaban J connectivity index is 2.50. The summed E-state index contributed by atoms with van der Waals surface area (Å²) in [6, 6.07) is 6.48. The summed E-state index contributed by atoms with van der Waals surface area (Å²) in [7, 11) is 0. The molecule has 1 unspecified atom stereocenters. The molecule has 2 heteroatoms. The minimum absolute atomic E-state index is 0.126. The summed E-state index contributed by atoms with van der Waals surface area (Å²) in [6.45, 7) is 4.26. The standard InChI is InChI=1S/C13H18BrN/c1-13(2,15)10-7-3-5-9-6-4-8-11(14)12(9)10/h4,6,8,10H,3,5,7,15H2,1-2H3. The zero-order valence-electron chi connectivity index (χ0n) is 9.39. The first-order valence-corrected chi connectivity index (χ1v) is 6.35. The molecule has 1 aromatic carbocycles. The van der Waals surface area contributed by atoms with Gasteiger partial charge in [0, 0.05) is 15.9 Å². The molecular weight excluding hydrogens is 250 g/mol. The third-order valence-corrected chi connectivity index (χ3v) is 4.02. The Hall–Kier alpha value is -0.340. The molecule has 0 aromatic heterocycles. The molecule has 0 spiro atoms. The van der Waals surface area contributed by atoms with Gasteiger partial charge in [-0.15, -0.1) is 0 Å². The maximum absolute atomic E-state index is 6.27. The quantitative estimate of drug-likeness (QED) is 0.827. The van der Waals surface area contributed by atoms with Crippen molar-refractivity contribution in [2.24, 2.45) is 5.73 Å². The van der Waals surface area contributed by atoms with Crippen LogP contribution in [0.25, 0.3) is 0 Å². The predicted octanol–water partition coefficient (Wildman–Crippen LogP) is 3.61. The number of fused-ring (bicyclic) bond motifs is 1. The van der Waals surface area contributed by atoms with E-state index in [2.05, 4.69) is 48.0 Å². The van der Waals surface area contributed by atoms with Crippen LogP contribution >= 0.6 is 15.9 Å². The normalized spacial score (nSPS) is 21.2. The van der Waals surface area contributed by atoms with Gasteiger partial charge in [-0.3, -0.25) is 0 Å². The summed E-state index contributed by atoms with van der Waals surface area (Å²) in [4.78, 5) is 0. The van der Waals surface area contributed by atoms with Crippen LogP contribution in [0.1, 0.15) is 43.7 Å². The lowest BCUT2D eigenvalue weighted by Crippen LogP contribution is -2.41. The van der Waals surface area contributed by atoms with Crippen LogP contribution in [0.3, 0.4) is 0 Å². The number of nitrogens with two attached hydrogens (primary N) is 1. The van der Waals surface area contributed by atoms with Crippen molar-refractivity contribution < 1.29 is 0 Å². The van der Waals surface area contributed by atoms with E-state index in [-0.39, 0.29) is 5.54 Å². The van der Waals surface area contributed by atoms with Crippen molar-refractivity contribution in [1.29, 1.82) is 0 Å². The summed E-state index contributed by atoms with van der Waals surface area (Å²) in [5, 5.41) is 0. The maximum Gasteiger partial charge on any atom is 0.0213 e. The van der Waals surface area contributed by atoms with Crippen LogP contribution in [0.15, 0.2) is 22.7 Å². The number of aryl methyl sites for hydroxylation is 1. The van der Waals surface area contributed by atoms with Gasteiger partial charge in [0.2, 0.25) is 0 Å². The molecule has 1 aromatic rings. The Bertz CT molecular complexity index is 365. The molecule has 0 heterocycles. The average molecular weight is 268 g/mol. The van der Waals surface area contributed by atoms with Crippen LogP contribution in [-0.4, -0.2) is 5.54 Å². The monoisotopic (exact) mass is 267 g/mol. The lowest BCUT2D eigenvalue weighted by molar-refractivity contribution is 0.367. The summed E-state index contributed by atoms with van der Waals surface area (Å²) in [6.07, 6.45) is 3.66. The van der Waals surface area contributed by atoms with Gasteiger partial charge in [0.1, 0.15) is 0 Å². The predicted molar refractivity (Wildman–Crippen MR) is 68.1 cm³/mol. The highest BCUT2D eigenvalue weighted by atomic mass is 79.9. The number of hydrogen-bond acceptors (Lipinski definition) is 1. The molecule has 0 aliphatic heterocycles. The summed E-state index contributed by atoms with van der Waals surface area (Å²) in [5.41, 5.74) is 9.06. The molecule has 2 rings (SSSR count). The minimum atomic E-state index is -0.126. The zero-order chi connectivity index (χ0) is 11.1. The van der Waals surface area contributed by atoms with Crippen LogP contribution in [0.4, 0.5) is 0 Å². The molecular formula is C13H18BrN. The molecule has 82 valence electrons. The highest BCUT2D eigenvalue weighted by molar-refractivity contribution is 9.10. The van der Waals surface area contributed by atoms with Gasteiger partial charge in [-0.2, -0.15) is 0 Å². The van der Waals surface area contributed by atoms with E-state index in [1.165, 1.54) is 34.9 Å². The van der Waals surface area contributed by atoms with E-state index in [4.69, 9.17) is 5.73 Å². The first-order chi connectivity index (χ1) is 7.00. The second kappa shape index (κ2) is 3.91. The van der Waals surface area contributed by atoms with E-state index in [0.717, 1.165) is 0 Å². The molecule has 1 atom stereocenters. The van der Waals surface area contributed by atoms with E-state index >= 15 is 0 Å². The van der Waals surface area contributed by atoms with Crippen molar-refractivity contribution in [2.45, 2.75) is 44.6 Å². The Morgan fingerprint density at radius 1 is 1.40 bits per heavy atom. The maximum atomic E-state index is 6.27. The van der Waals surface area contributed by atoms with Gasteiger partial charge in [-0.1, -0.05) is 28.1 Å². The fourth-order valence-corrected chi connectivity index (χ4v) is 3.26. The molecule has 2 N–H and O–H groups in total. The van der Waals surface area contributed by atoms with Crippen LogP contribution in [0, 0.1) is 0 Å². The van der Waals surface area contributed by atoms with E-state index in [1.807, 2.05) is 0 Å². The van der Waals surface area contributed by atoms with Gasteiger partial charge < -0.3 is 5.73 Å². The van der Waals surface area contributed by atoms with Gasteiger partial charge >= 0.3 is 0 Å². The van der Waals surface area contributed by atoms with Crippen molar-refractivity contribution in [1.82, 2.24) is 0 Å². The Kier molecular flexibility index (Phi) is 2.91. The Morgan fingerprint density at radius 2 is 2.13 bits per heavy atom. The molecule has 0 saturated carbocycles. The molecule has 0 radical (unpaired) electrons. The average Bonchev–Trinajstić information content (AvgIpc) is 2.16. The molecule has 0 amide bonds. The fourth-order valence-electron chi connectivity index (χ4n) is 2.57. The zero-order valence-corrected chi connectivity index (χ0v) is 11.0. The highest BCUT2D eigenvalue weighted by Crippen LogP contribution is 2.41. The first kappa shape index (κ1) is 11.2. The lowest BCUT2D eigenvalue weighted by Gasteiger charge is -2.36.